The van der Waals surface area contributed by atoms with Gasteiger partial charge >= 0.3 is 0 Å². The topological polar surface area (TPSA) is 6.48 Å². The third-order valence-corrected chi connectivity index (χ3v) is 21.1. The summed E-state index contributed by atoms with van der Waals surface area (Å²) in [6, 6.07) is 83.5. The van der Waals surface area contributed by atoms with Crippen molar-refractivity contribution in [2.45, 2.75) is 49.8 Å². The maximum Gasteiger partial charge on any atom is 0.249 e. The van der Waals surface area contributed by atoms with Gasteiger partial charge in [-0.3, -0.25) is 0 Å². The number of para-hydroxylation sites is 1. The van der Waals surface area contributed by atoms with Gasteiger partial charge in [0.2, 0.25) is 6.71 Å². The molecule has 0 spiro atoms. The van der Waals surface area contributed by atoms with Crippen LogP contribution in [0.3, 0.4) is 0 Å². The third-order valence-electron chi connectivity index (χ3n) is 15.1. The highest BCUT2D eigenvalue weighted by Gasteiger charge is 2.51. The van der Waals surface area contributed by atoms with Crippen LogP contribution in [0, 0.1) is 13.8 Å². The van der Waals surface area contributed by atoms with Gasteiger partial charge in [-0.2, -0.15) is 0 Å². The fraction of sp³-hybridized carbons (Fsp3) is 0.0938. The van der Waals surface area contributed by atoms with Crippen LogP contribution < -0.4 is 46.9 Å². The smallest absolute Gasteiger partial charge is 0.249 e. The van der Waals surface area contributed by atoms with Crippen molar-refractivity contribution in [1.29, 1.82) is 0 Å². The Hall–Kier alpha value is -7.31. The molecule has 0 amide bonds. The van der Waals surface area contributed by atoms with Gasteiger partial charge < -0.3 is 9.80 Å². The summed E-state index contributed by atoms with van der Waals surface area (Å²) in [6.07, 6.45) is 0. The number of fused-ring (bicyclic) bond motifs is 8. The fourth-order valence-electron chi connectivity index (χ4n) is 11.9. The highest BCUT2D eigenvalue weighted by atomic mass is 32.2. The molecule has 0 radical (unpaired) electrons. The quantitative estimate of drug-likeness (QED) is 0.154. The molecule has 0 N–H and O–H groups in total. The predicted molar refractivity (Wildman–Crippen MR) is 299 cm³/mol. The van der Waals surface area contributed by atoms with Crippen molar-refractivity contribution in [3.05, 3.63) is 235 Å². The Balaban J connectivity index is 1.15. The Bertz CT molecular complexity index is 3620. The van der Waals surface area contributed by atoms with E-state index in [0.717, 1.165) is 17.1 Å². The van der Waals surface area contributed by atoms with Crippen LogP contribution in [-0.2, 0) is 5.41 Å². The van der Waals surface area contributed by atoms with Crippen LogP contribution >= 0.6 is 11.8 Å². The lowest BCUT2D eigenvalue weighted by atomic mass is 9.34. The SMILES string of the molecule is Cc1ccc(N2c3cc4c(cc3B3c5cc6ccccc6cc5Sc5cc(N(c6ccccc6)c6ccc(C(C)(C)C)cc6)cc2c53)[Si](c2ccccc2)(c2ccccc2)c2ccccc2-4)c(C)c1. The molecule has 0 fully saturated rings. The van der Waals surface area contributed by atoms with Crippen molar-refractivity contribution in [2.75, 3.05) is 9.80 Å². The molecule has 330 valence electrons. The van der Waals surface area contributed by atoms with Gasteiger partial charge in [0.15, 0.2) is 8.07 Å². The molecule has 0 aromatic heterocycles. The van der Waals surface area contributed by atoms with Crippen molar-refractivity contribution < 1.29 is 0 Å². The third kappa shape index (κ3) is 6.47. The average molecular weight is 919 g/mol. The summed E-state index contributed by atoms with van der Waals surface area (Å²) in [5.41, 5.74) is 17.7. The van der Waals surface area contributed by atoms with E-state index in [0.29, 0.717) is 0 Å². The van der Waals surface area contributed by atoms with E-state index in [1.165, 1.54) is 103 Å². The lowest BCUT2D eigenvalue weighted by Crippen LogP contribution is -2.73. The lowest BCUT2D eigenvalue weighted by Gasteiger charge is -2.42. The number of rotatable bonds is 6. The molecule has 0 atom stereocenters. The zero-order valence-corrected chi connectivity index (χ0v) is 41.5. The van der Waals surface area contributed by atoms with Crippen LogP contribution in [0.15, 0.2) is 228 Å². The second-order valence-electron chi connectivity index (χ2n) is 20.2. The number of hydrogen-bond donors (Lipinski definition) is 0. The molecule has 0 saturated carbocycles. The van der Waals surface area contributed by atoms with Gasteiger partial charge in [-0.15, -0.1) is 0 Å². The summed E-state index contributed by atoms with van der Waals surface area (Å²) in [6.45, 7) is 11.4. The second-order valence-corrected chi connectivity index (χ2v) is 25.0. The van der Waals surface area contributed by atoms with Crippen molar-refractivity contribution in [1.82, 2.24) is 0 Å². The second kappa shape index (κ2) is 15.9. The Morgan fingerprint density at radius 2 is 1.09 bits per heavy atom. The molecule has 0 bridgehead atoms. The molecule has 0 unspecified atom stereocenters. The van der Waals surface area contributed by atoms with Crippen LogP contribution in [-0.4, -0.2) is 14.8 Å². The molecule has 0 saturated heterocycles. The molecule has 5 heteroatoms. The van der Waals surface area contributed by atoms with Gasteiger partial charge in [-0.1, -0.05) is 207 Å². The Morgan fingerprint density at radius 3 is 1.77 bits per heavy atom. The number of nitrogens with zero attached hydrogens (tertiary/aromatic N) is 2. The first-order valence-corrected chi connectivity index (χ1v) is 27.1. The molecule has 3 aliphatic rings. The van der Waals surface area contributed by atoms with Gasteiger partial charge in [-0.25, -0.2) is 0 Å². The van der Waals surface area contributed by atoms with Crippen LogP contribution in [0.25, 0.3) is 21.9 Å². The molecule has 3 aliphatic heterocycles. The minimum atomic E-state index is -2.81. The molecule has 10 aromatic rings. The fourth-order valence-corrected chi connectivity index (χ4v) is 18.4. The molecule has 13 rings (SSSR count). The number of anilines is 6. The van der Waals surface area contributed by atoms with E-state index in [9.17, 15) is 0 Å². The van der Waals surface area contributed by atoms with Crippen molar-refractivity contribution in [3.63, 3.8) is 0 Å². The molecule has 10 aromatic carbocycles. The number of hydrogen-bond acceptors (Lipinski definition) is 3. The standard InChI is InChI=1S/C64H51BN2SSi/c1-42-29-34-56(43(2)35-42)67-57-40-53-52-27-17-18-28-61(52)69(50-23-11-7-12-24-50,51-25-13-8-14-26-51)62(53)41-54(57)65-55-36-44-19-15-16-20-45(44)37-59(55)68-60-39-49(38-58(67)63(60)65)66(47-21-9-6-10-22-47)48-32-30-46(31-33-48)64(3,4)5/h6-41H,1-5H3. The summed E-state index contributed by atoms with van der Waals surface area (Å²) < 4.78 is 0. The molecule has 2 nitrogen and oxygen atoms in total. The Kier molecular flexibility index (Phi) is 9.63. The highest BCUT2D eigenvalue weighted by Crippen LogP contribution is 2.48. The molecular weight excluding hydrogens is 868 g/mol. The summed E-state index contributed by atoms with van der Waals surface area (Å²) in [5.74, 6) is 0. The van der Waals surface area contributed by atoms with Gasteiger partial charge in [0.25, 0.3) is 0 Å². The monoisotopic (exact) mass is 918 g/mol. The largest absolute Gasteiger partial charge is 0.311 e. The van der Waals surface area contributed by atoms with Gasteiger partial charge in [0.05, 0.1) is 0 Å². The van der Waals surface area contributed by atoms with E-state index >= 15 is 0 Å². The molecule has 3 heterocycles. The van der Waals surface area contributed by atoms with Gasteiger partial charge in [0, 0.05) is 43.9 Å². The lowest BCUT2D eigenvalue weighted by molar-refractivity contribution is 0.590. The number of aryl methyl sites for hydroxylation is 2. The average Bonchev–Trinajstić information content (AvgIpc) is 3.66. The van der Waals surface area contributed by atoms with Crippen LogP contribution in [0.4, 0.5) is 34.1 Å². The summed E-state index contributed by atoms with van der Waals surface area (Å²) in [5, 5.41) is 8.30. The molecule has 69 heavy (non-hydrogen) atoms. The predicted octanol–water partition coefficient (Wildman–Crippen LogP) is 12.3. The Labute approximate surface area is 412 Å². The normalized spacial score (nSPS) is 13.9. The van der Waals surface area contributed by atoms with Crippen molar-refractivity contribution in [2.24, 2.45) is 0 Å². The molecular formula is C64H51BN2SSi. The van der Waals surface area contributed by atoms with E-state index in [-0.39, 0.29) is 12.1 Å². The highest BCUT2D eigenvalue weighted by molar-refractivity contribution is 8.00. The van der Waals surface area contributed by atoms with Crippen molar-refractivity contribution >= 4 is 109 Å². The maximum absolute atomic E-state index is 2.81. The summed E-state index contributed by atoms with van der Waals surface area (Å²) >= 11 is 1.93. The van der Waals surface area contributed by atoms with Gasteiger partial charge in [0.1, 0.15) is 0 Å². The van der Waals surface area contributed by atoms with E-state index in [2.05, 4.69) is 263 Å². The zero-order chi connectivity index (χ0) is 46.6. The minimum absolute atomic E-state index is 0.00888. The van der Waals surface area contributed by atoms with Crippen LogP contribution in [0.1, 0.15) is 37.5 Å². The van der Waals surface area contributed by atoms with Crippen LogP contribution in [0.2, 0.25) is 0 Å². The molecule has 0 aliphatic carbocycles. The summed E-state index contributed by atoms with van der Waals surface area (Å²) in [4.78, 5) is 7.71. The zero-order valence-electron chi connectivity index (χ0n) is 39.7. The van der Waals surface area contributed by atoms with Crippen LogP contribution in [0.5, 0.6) is 0 Å². The van der Waals surface area contributed by atoms with Gasteiger partial charge in [-0.05, 0) is 139 Å². The summed E-state index contributed by atoms with van der Waals surface area (Å²) in [7, 11) is -2.81. The van der Waals surface area contributed by atoms with E-state index in [1.54, 1.807) is 0 Å². The minimum Gasteiger partial charge on any atom is -0.311 e. The van der Waals surface area contributed by atoms with E-state index in [1.807, 2.05) is 11.8 Å². The maximum atomic E-state index is 2.70. The van der Waals surface area contributed by atoms with E-state index in [4.69, 9.17) is 0 Å². The first-order chi connectivity index (χ1) is 33.7. The number of benzene rings is 10. The van der Waals surface area contributed by atoms with E-state index < -0.39 is 8.07 Å². The van der Waals surface area contributed by atoms with Crippen molar-refractivity contribution in [3.8, 4) is 11.1 Å². The first-order valence-electron chi connectivity index (χ1n) is 24.3. The first kappa shape index (κ1) is 41.8. The Morgan fingerprint density at radius 1 is 0.464 bits per heavy atom.